The number of rotatable bonds is 0. The summed E-state index contributed by atoms with van der Waals surface area (Å²) in [6, 6.07) is 3.75. The van der Waals surface area contributed by atoms with E-state index < -0.39 is 0 Å². The van der Waals surface area contributed by atoms with E-state index in [4.69, 9.17) is 0 Å². The molecule has 2 aromatic heterocycles. The van der Waals surface area contributed by atoms with Gasteiger partial charge in [-0.25, -0.2) is 0 Å². The minimum atomic E-state index is -0.0694. The van der Waals surface area contributed by atoms with Crippen LogP contribution in [0.1, 0.15) is 26.3 Å². The molecule has 78 valence electrons. The Balaban J connectivity index is 2.83. The molecule has 3 heteroatoms. The van der Waals surface area contributed by atoms with Crippen LogP contribution in [0.5, 0.6) is 0 Å². The Bertz CT molecular complexity index is 500. The standard InChI is InChI=1S/C12H14N2O/c1-12(2,3)10-8-14(15)7-9-5-4-6-13-11(9)10/h4-8H,1-3H3. The monoisotopic (exact) mass is 202 g/mol. The van der Waals surface area contributed by atoms with Crippen molar-refractivity contribution in [1.29, 1.82) is 0 Å². The molecular formula is C12H14N2O. The van der Waals surface area contributed by atoms with E-state index in [0.717, 1.165) is 21.2 Å². The molecule has 0 fully saturated rings. The average Bonchev–Trinajstić information content (AvgIpc) is 2.15. The first-order chi connectivity index (χ1) is 6.98. The molecule has 0 amide bonds. The third kappa shape index (κ3) is 1.77. The van der Waals surface area contributed by atoms with E-state index in [-0.39, 0.29) is 5.41 Å². The van der Waals surface area contributed by atoms with Crippen LogP contribution in [0.3, 0.4) is 0 Å². The minimum Gasteiger partial charge on any atom is -0.619 e. The Labute approximate surface area is 89.0 Å². The number of nitrogens with zero attached hydrogens (tertiary/aromatic N) is 2. The lowest BCUT2D eigenvalue weighted by Gasteiger charge is -2.18. The van der Waals surface area contributed by atoms with Gasteiger partial charge in [-0.1, -0.05) is 20.8 Å². The van der Waals surface area contributed by atoms with Crippen LogP contribution in [0.4, 0.5) is 0 Å². The summed E-state index contributed by atoms with van der Waals surface area (Å²) >= 11 is 0. The molecule has 0 aliphatic rings. The highest BCUT2D eigenvalue weighted by atomic mass is 16.5. The van der Waals surface area contributed by atoms with Crippen molar-refractivity contribution in [2.75, 3.05) is 0 Å². The lowest BCUT2D eigenvalue weighted by Crippen LogP contribution is -2.28. The number of aromatic nitrogens is 2. The van der Waals surface area contributed by atoms with Gasteiger partial charge < -0.3 is 5.21 Å². The fraction of sp³-hybridized carbons (Fsp3) is 0.333. The van der Waals surface area contributed by atoms with Gasteiger partial charge >= 0.3 is 0 Å². The molecule has 0 radical (unpaired) electrons. The van der Waals surface area contributed by atoms with Gasteiger partial charge in [-0.3, -0.25) is 4.98 Å². The third-order valence-corrected chi connectivity index (χ3v) is 2.42. The maximum absolute atomic E-state index is 11.4. The molecule has 0 aliphatic carbocycles. The topological polar surface area (TPSA) is 39.8 Å². The third-order valence-electron chi connectivity index (χ3n) is 2.42. The summed E-state index contributed by atoms with van der Waals surface area (Å²) in [6.07, 6.45) is 4.92. The summed E-state index contributed by atoms with van der Waals surface area (Å²) in [6.45, 7) is 6.24. The average molecular weight is 202 g/mol. The molecule has 15 heavy (non-hydrogen) atoms. The second kappa shape index (κ2) is 3.19. The minimum absolute atomic E-state index is 0.0694. The van der Waals surface area contributed by atoms with Crippen LogP contribution in [0, 0.1) is 5.21 Å². The molecule has 2 heterocycles. The van der Waals surface area contributed by atoms with Crippen LogP contribution in [-0.2, 0) is 5.41 Å². The number of pyridine rings is 2. The quantitative estimate of drug-likeness (QED) is 0.485. The van der Waals surface area contributed by atoms with Gasteiger partial charge in [0.2, 0.25) is 0 Å². The Morgan fingerprint density at radius 2 is 2.00 bits per heavy atom. The summed E-state index contributed by atoms with van der Waals surface area (Å²) < 4.78 is 0.852. The second-order valence-electron chi connectivity index (χ2n) is 4.72. The highest BCUT2D eigenvalue weighted by Crippen LogP contribution is 2.26. The van der Waals surface area contributed by atoms with Crippen molar-refractivity contribution < 1.29 is 4.73 Å². The molecule has 0 saturated carbocycles. The fourth-order valence-corrected chi connectivity index (χ4v) is 1.66. The lowest BCUT2D eigenvalue weighted by atomic mass is 9.87. The molecule has 0 unspecified atom stereocenters. The van der Waals surface area contributed by atoms with Gasteiger partial charge in [-0.05, 0) is 17.5 Å². The molecule has 0 saturated heterocycles. The van der Waals surface area contributed by atoms with Crippen LogP contribution < -0.4 is 4.73 Å². The highest BCUT2D eigenvalue weighted by Gasteiger charge is 2.21. The van der Waals surface area contributed by atoms with Gasteiger partial charge in [0.25, 0.3) is 0 Å². The van der Waals surface area contributed by atoms with Gasteiger partial charge in [0, 0.05) is 11.8 Å². The van der Waals surface area contributed by atoms with Crippen LogP contribution in [0.2, 0.25) is 0 Å². The molecule has 0 atom stereocenters. The Hall–Kier alpha value is -1.64. The lowest BCUT2D eigenvalue weighted by molar-refractivity contribution is -0.604. The molecule has 2 aromatic rings. The van der Waals surface area contributed by atoms with Gasteiger partial charge in [-0.15, -0.1) is 0 Å². The normalized spacial score (nSPS) is 11.9. The van der Waals surface area contributed by atoms with E-state index in [1.807, 2.05) is 12.1 Å². The van der Waals surface area contributed by atoms with E-state index in [1.54, 1.807) is 18.6 Å². The highest BCUT2D eigenvalue weighted by molar-refractivity contribution is 5.80. The first-order valence-electron chi connectivity index (χ1n) is 4.96. The smallest absolute Gasteiger partial charge is 0.189 e. The zero-order valence-electron chi connectivity index (χ0n) is 9.19. The molecule has 2 rings (SSSR count). The predicted octanol–water partition coefficient (Wildman–Crippen LogP) is 2.17. The van der Waals surface area contributed by atoms with Crippen molar-refractivity contribution in [1.82, 2.24) is 4.98 Å². The van der Waals surface area contributed by atoms with Crippen LogP contribution in [-0.4, -0.2) is 4.98 Å². The zero-order valence-corrected chi connectivity index (χ0v) is 9.19. The van der Waals surface area contributed by atoms with Crippen molar-refractivity contribution >= 4 is 10.9 Å². The maximum atomic E-state index is 11.4. The van der Waals surface area contributed by atoms with E-state index in [1.165, 1.54) is 0 Å². The second-order valence-corrected chi connectivity index (χ2v) is 4.72. The van der Waals surface area contributed by atoms with E-state index in [0.29, 0.717) is 0 Å². The molecule has 0 aromatic carbocycles. The van der Waals surface area contributed by atoms with E-state index in [9.17, 15) is 5.21 Å². The summed E-state index contributed by atoms with van der Waals surface area (Å²) in [4.78, 5) is 4.34. The van der Waals surface area contributed by atoms with Gasteiger partial charge in [0.15, 0.2) is 12.4 Å². The Kier molecular flexibility index (Phi) is 2.11. The van der Waals surface area contributed by atoms with Gasteiger partial charge in [0.1, 0.15) is 0 Å². The Morgan fingerprint density at radius 1 is 1.27 bits per heavy atom. The summed E-state index contributed by atoms with van der Waals surface area (Å²) in [5.74, 6) is 0. The SMILES string of the molecule is CC(C)(C)c1c[n+]([O-])cc2cccnc12. The van der Waals surface area contributed by atoms with Crippen molar-refractivity contribution in [3.63, 3.8) is 0 Å². The van der Waals surface area contributed by atoms with E-state index >= 15 is 0 Å². The summed E-state index contributed by atoms with van der Waals surface area (Å²) in [5.41, 5.74) is 1.83. The Morgan fingerprint density at radius 3 is 2.67 bits per heavy atom. The molecule has 3 nitrogen and oxygen atoms in total. The van der Waals surface area contributed by atoms with Crippen molar-refractivity contribution in [3.8, 4) is 0 Å². The van der Waals surface area contributed by atoms with Crippen molar-refractivity contribution in [2.45, 2.75) is 26.2 Å². The van der Waals surface area contributed by atoms with Gasteiger partial charge in [-0.2, -0.15) is 4.73 Å². The largest absolute Gasteiger partial charge is 0.619 e. The van der Waals surface area contributed by atoms with Gasteiger partial charge in [0.05, 0.1) is 10.9 Å². The van der Waals surface area contributed by atoms with E-state index in [2.05, 4.69) is 25.8 Å². The van der Waals surface area contributed by atoms with Crippen molar-refractivity contribution in [3.05, 3.63) is 41.5 Å². The van der Waals surface area contributed by atoms with Crippen molar-refractivity contribution in [2.24, 2.45) is 0 Å². The molecular weight excluding hydrogens is 188 g/mol. The van der Waals surface area contributed by atoms with Crippen LogP contribution >= 0.6 is 0 Å². The van der Waals surface area contributed by atoms with Crippen LogP contribution in [0.25, 0.3) is 10.9 Å². The first-order valence-corrected chi connectivity index (χ1v) is 4.96. The number of hydrogen-bond acceptors (Lipinski definition) is 2. The number of hydrogen-bond donors (Lipinski definition) is 0. The fourth-order valence-electron chi connectivity index (χ4n) is 1.66. The molecule has 0 aliphatic heterocycles. The predicted molar refractivity (Wildman–Crippen MR) is 59.4 cm³/mol. The molecule has 0 spiro atoms. The maximum Gasteiger partial charge on any atom is 0.189 e. The molecule has 0 bridgehead atoms. The zero-order chi connectivity index (χ0) is 11.1. The summed E-state index contributed by atoms with van der Waals surface area (Å²) in [7, 11) is 0. The van der Waals surface area contributed by atoms with Crippen LogP contribution in [0.15, 0.2) is 30.7 Å². The number of fused-ring (bicyclic) bond motifs is 1. The first kappa shape index (κ1) is 9.90. The summed E-state index contributed by atoms with van der Waals surface area (Å²) in [5, 5.41) is 12.3. The molecule has 0 N–H and O–H groups in total.